The molecule has 0 aromatic heterocycles. The highest BCUT2D eigenvalue weighted by Crippen LogP contribution is 2.19. The van der Waals surface area contributed by atoms with E-state index in [4.69, 9.17) is 10.8 Å². The van der Waals surface area contributed by atoms with Crippen LogP contribution in [-0.2, 0) is 14.4 Å². The number of hydrogen-bond acceptors (Lipinski definition) is 4. The summed E-state index contributed by atoms with van der Waals surface area (Å²) in [6.07, 6.45) is 5.78. The first kappa shape index (κ1) is 12.3. The number of Topliss-reactive ketones (excluding diaryl/α,β-unsaturated/α-hetero) is 1. The van der Waals surface area contributed by atoms with E-state index >= 15 is 0 Å². The van der Waals surface area contributed by atoms with Crippen molar-refractivity contribution in [2.75, 3.05) is 0 Å². The predicted octanol–water partition coefficient (Wildman–Crippen LogP) is 0.0589. The molecule has 0 aromatic rings. The average molecular weight is 223 g/mol. The monoisotopic (exact) mass is 223 g/mol. The summed E-state index contributed by atoms with van der Waals surface area (Å²) in [5, 5.41) is 8.52. The van der Waals surface area contributed by atoms with E-state index in [1.165, 1.54) is 0 Å². The summed E-state index contributed by atoms with van der Waals surface area (Å²) in [6.45, 7) is 0. The van der Waals surface area contributed by atoms with Gasteiger partial charge in [-0.2, -0.15) is 0 Å². The van der Waals surface area contributed by atoms with Crippen LogP contribution in [0.3, 0.4) is 0 Å². The molecule has 1 rings (SSSR count). The fraction of sp³-hybridized carbons (Fsp3) is 0.364. The maximum Gasteiger partial charge on any atom is 0.305 e. The Morgan fingerprint density at radius 1 is 1.62 bits per heavy atom. The van der Waals surface area contributed by atoms with Crippen molar-refractivity contribution in [2.24, 2.45) is 11.7 Å². The largest absolute Gasteiger partial charge is 0.481 e. The van der Waals surface area contributed by atoms with Gasteiger partial charge in [-0.05, 0) is 6.42 Å². The Morgan fingerprint density at radius 2 is 2.31 bits per heavy atom. The summed E-state index contributed by atoms with van der Waals surface area (Å²) in [7, 11) is 0. The molecule has 0 fully saturated rings. The van der Waals surface area contributed by atoms with Gasteiger partial charge in [0.2, 0.25) is 0 Å². The van der Waals surface area contributed by atoms with E-state index in [1.54, 1.807) is 18.2 Å². The van der Waals surface area contributed by atoms with Gasteiger partial charge in [-0.1, -0.05) is 18.2 Å². The smallest absolute Gasteiger partial charge is 0.305 e. The highest BCUT2D eigenvalue weighted by molar-refractivity contribution is 5.97. The van der Waals surface area contributed by atoms with Crippen LogP contribution >= 0.6 is 0 Å². The standard InChI is InChI=1S/C11H13NO4/c12-9(5-10(14)15)11(16)8-4-2-1-3-7(8)6-13/h2-4,6,8-9H,1,5,12H2,(H,14,15)/t8?,9-/m0/s1. The number of aliphatic carboxylic acids is 1. The Kier molecular flexibility index (Phi) is 4.13. The van der Waals surface area contributed by atoms with Crippen LogP contribution in [0, 0.1) is 5.92 Å². The zero-order chi connectivity index (χ0) is 12.1. The van der Waals surface area contributed by atoms with Crippen LogP contribution in [0.15, 0.2) is 23.8 Å². The van der Waals surface area contributed by atoms with Crippen LogP contribution in [0.5, 0.6) is 0 Å². The minimum Gasteiger partial charge on any atom is -0.481 e. The van der Waals surface area contributed by atoms with Crippen molar-refractivity contribution in [2.45, 2.75) is 18.9 Å². The Labute approximate surface area is 92.6 Å². The molecule has 16 heavy (non-hydrogen) atoms. The molecule has 0 amide bonds. The molecule has 1 unspecified atom stereocenters. The van der Waals surface area contributed by atoms with Gasteiger partial charge in [-0.15, -0.1) is 0 Å². The van der Waals surface area contributed by atoms with Gasteiger partial charge in [0.05, 0.1) is 18.4 Å². The number of nitrogens with two attached hydrogens (primary N) is 1. The normalized spacial score (nSPS) is 21.1. The number of carbonyl (C=O) groups excluding carboxylic acids is 2. The highest BCUT2D eigenvalue weighted by atomic mass is 16.4. The van der Waals surface area contributed by atoms with Crippen molar-refractivity contribution in [3.05, 3.63) is 23.8 Å². The van der Waals surface area contributed by atoms with Gasteiger partial charge in [0, 0.05) is 5.57 Å². The molecular formula is C11H13NO4. The summed E-state index contributed by atoms with van der Waals surface area (Å²) in [5.41, 5.74) is 5.81. The SMILES string of the molecule is N[C@@H](CC(=O)O)C(=O)C1C=CCC=C1C=O. The molecule has 86 valence electrons. The number of carbonyl (C=O) groups is 3. The van der Waals surface area contributed by atoms with Crippen LogP contribution in [-0.4, -0.2) is 29.2 Å². The maximum atomic E-state index is 11.8. The van der Waals surface area contributed by atoms with Crippen LogP contribution in [0.2, 0.25) is 0 Å². The van der Waals surface area contributed by atoms with Gasteiger partial charge in [0.25, 0.3) is 0 Å². The van der Waals surface area contributed by atoms with Crippen LogP contribution < -0.4 is 5.73 Å². The van der Waals surface area contributed by atoms with E-state index in [1.807, 2.05) is 0 Å². The van der Waals surface area contributed by atoms with Crippen molar-refractivity contribution in [3.63, 3.8) is 0 Å². The number of rotatable bonds is 5. The van der Waals surface area contributed by atoms with E-state index < -0.39 is 30.1 Å². The molecule has 1 aliphatic rings. The molecule has 0 saturated carbocycles. The van der Waals surface area contributed by atoms with Crippen LogP contribution in [0.1, 0.15) is 12.8 Å². The van der Waals surface area contributed by atoms with Crippen molar-refractivity contribution in [3.8, 4) is 0 Å². The van der Waals surface area contributed by atoms with Crippen molar-refractivity contribution in [1.82, 2.24) is 0 Å². The van der Waals surface area contributed by atoms with Crippen molar-refractivity contribution < 1.29 is 19.5 Å². The second kappa shape index (κ2) is 5.37. The molecule has 0 saturated heterocycles. The number of carboxylic acids is 1. The third-order valence-corrected chi connectivity index (χ3v) is 2.38. The van der Waals surface area contributed by atoms with Gasteiger partial charge in [0.1, 0.15) is 6.29 Å². The van der Waals surface area contributed by atoms with E-state index in [-0.39, 0.29) is 0 Å². The molecule has 1 aliphatic carbocycles. The average Bonchev–Trinajstić information content (AvgIpc) is 2.27. The van der Waals surface area contributed by atoms with Crippen molar-refractivity contribution in [1.29, 1.82) is 0 Å². The third kappa shape index (κ3) is 2.87. The lowest BCUT2D eigenvalue weighted by atomic mass is 9.87. The quantitative estimate of drug-likeness (QED) is 0.507. The van der Waals surface area contributed by atoms with Crippen molar-refractivity contribution >= 4 is 18.0 Å². The molecular weight excluding hydrogens is 210 g/mol. The molecule has 0 radical (unpaired) electrons. The summed E-state index contributed by atoms with van der Waals surface area (Å²) in [6, 6.07) is -1.08. The van der Waals surface area contributed by atoms with E-state index in [0.29, 0.717) is 18.3 Å². The number of carboxylic acid groups (broad SMARTS) is 1. The second-order valence-electron chi connectivity index (χ2n) is 3.57. The first-order chi connectivity index (χ1) is 7.56. The van der Waals surface area contributed by atoms with Crippen LogP contribution in [0.4, 0.5) is 0 Å². The fourth-order valence-corrected chi connectivity index (χ4v) is 1.56. The number of ketones is 1. The lowest BCUT2D eigenvalue weighted by Crippen LogP contribution is -2.38. The summed E-state index contributed by atoms with van der Waals surface area (Å²) < 4.78 is 0. The Morgan fingerprint density at radius 3 is 2.88 bits per heavy atom. The molecule has 0 aliphatic heterocycles. The molecule has 2 atom stereocenters. The van der Waals surface area contributed by atoms with Gasteiger partial charge in [-0.25, -0.2) is 0 Å². The van der Waals surface area contributed by atoms with Gasteiger partial charge in [-0.3, -0.25) is 14.4 Å². The zero-order valence-electron chi connectivity index (χ0n) is 8.63. The lowest BCUT2D eigenvalue weighted by Gasteiger charge is -2.18. The number of aldehydes is 1. The highest BCUT2D eigenvalue weighted by Gasteiger charge is 2.27. The molecule has 0 spiro atoms. The minimum absolute atomic E-state index is 0.355. The molecule has 5 nitrogen and oxygen atoms in total. The topological polar surface area (TPSA) is 97.5 Å². The summed E-state index contributed by atoms with van der Waals surface area (Å²) in [4.78, 5) is 32.9. The molecule has 0 bridgehead atoms. The third-order valence-electron chi connectivity index (χ3n) is 2.38. The predicted molar refractivity (Wildman–Crippen MR) is 56.6 cm³/mol. The van der Waals surface area contributed by atoms with E-state index in [2.05, 4.69) is 0 Å². The zero-order valence-corrected chi connectivity index (χ0v) is 8.63. The summed E-state index contributed by atoms with van der Waals surface area (Å²) in [5.74, 6) is -2.26. The minimum atomic E-state index is -1.13. The Bertz CT molecular complexity index is 370. The van der Waals surface area contributed by atoms with Gasteiger partial charge in [0.15, 0.2) is 5.78 Å². The second-order valence-corrected chi connectivity index (χ2v) is 3.57. The Balaban J connectivity index is 2.75. The van der Waals surface area contributed by atoms with E-state index in [0.717, 1.165) is 0 Å². The molecule has 0 aromatic carbocycles. The number of allylic oxidation sites excluding steroid dienone is 4. The molecule has 5 heteroatoms. The number of hydrogen-bond donors (Lipinski definition) is 2. The van der Waals surface area contributed by atoms with Gasteiger partial charge >= 0.3 is 5.97 Å². The first-order valence-electron chi connectivity index (χ1n) is 4.89. The van der Waals surface area contributed by atoms with Crippen LogP contribution in [0.25, 0.3) is 0 Å². The van der Waals surface area contributed by atoms with Gasteiger partial charge < -0.3 is 10.8 Å². The maximum absolute atomic E-state index is 11.8. The lowest BCUT2D eigenvalue weighted by molar-refractivity contribution is -0.139. The summed E-state index contributed by atoms with van der Waals surface area (Å²) >= 11 is 0. The van der Waals surface area contributed by atoms with E-state index in [9.17, 15) is 14.4 Å². The Hall–Kier alpha value is -1.75. The molecule has 0 heterocycles. The molecule has 3 N–H and O–H groups in total. The first-order valence-corrected chi connectivity index (χ1v) is 4.89. The fourth-order valence-electron chi connectivity index (χ4n) is 1.56.